The highest BCUT2D eigenvalue weighted by Crippen LogP contribution is 2.26. The maximum Gasteiger partial charge on any atom is 0.255 e. The molecule has 0 aliphatic heterocycles. The van der Waals surface area contributed by atoms with Crippen LogP contribution in [0.2, 0.25) is 0 Å². The van der Waals surface area contributed by atoms with Gasteiger partial charge in [0.15, 0.2) is 0 Å². The van der Waals surface area contributed by atoms with Gasteiger partial charge in [-0.15, -0.1) is 12.6 Å². The summed E-state index contributed by atoms with van der Waals surface area (Å²) in [5.74, 6) is 0.118. The van der Waals surface area contributed by atoms with Crippen LogP contribution in [0.15, 0.2) is 27.6 Å². The van der Waals surface area contributed by atoms with Crippen LogP contribution in [0.4, 0.5) is 0 Å². The zero-order chi connectivity index (χ0) is 13.8. The normalized spacial score (nSPS) is 16.4. The second-order valence-corrected chi connectivity index (χ2v) is 6.44. The lowest BCUT2D eigenvalue weighted by molar-refractivity contribution is 0.0644. The highest BCUT2D eigenvalue weighted by molar-refractivity contribution is 9.10. The minimum atomic E-state index is 0.118. The monoisotopic (exact) mass is 341 g/mol. The van der Waals surface area contributed by atoms with Gasteiger partial charge in [0.05, 0.1) is 5.56 Å². The van der Waals surface area contributed by atoms with Crippen LogP contribution in [0, 0.1) is 0 Å². The smallest absolute Gasteiger partial charge is 0.255 e. The Morgan fingerprint density at radius 2 is 2.05 bits per heavy atom. The summed E-state index contributed by atoms with van der Waals surface area (Å²) in [5.41, 5.74) is 0.707. The van der Waals surface area contributed by atoms with Gasteiger partial charge in [-0.2, -0.15) is 0 Å². The van der Waals surface area contributed by atoms with Crippen LogP contribution in [0.25, 0.3) is 0 Å². The lowest BCUT2D eigenvalue weighted by Gasteiger charge is -2.34. The maximum absolute atomic E-state index is 12.7. The van der Waals surface area contributed by atoms with Crippen LogP contribution in [-0.2, 0) is 0 Å². The topological polar surface area (TPSA) is 20.3 Å². The predicted molar refractivity (Wildman–Crippen MR) is 85.0 cm³/mol. The highest BCUT2D eigenvalue weighted by atomic mass is 79.9. The molecular weight excluding hydrogens is 322 g/mol. The van der Waals surface area contributed by atoms with Gasteiger partial charge >= 0.3 is 0 Å². The fourth-order valence-electron chi connectivity index (χ4n) is 2.80. The van der Waals surface area contributed by atoms with Gasteiger partial charge in [-0.05, 0) is 38.0 Å². The van der Waals surface area contributed by atoms with Gasteiger partial charge in [0.25, 0.3) is 5.91 Å². The van der Waals surface area contributed by atoms with Crippen molar-refractivity contribution in [2.75, 3.05) is 6.54 Å². The van der Waals surface area contributed by atoms with Crippen molar-refractivity contribution < 1.29 is 4.79 Å². The molecule has 0 spiro atoms. The molecule has 104 valence electrons. The molecule has 4 heteroatoms. The van der Waals surface area contributed by atoms with Gasteiger partial charge in [0.2, 0.25) is 0 Å². The van der Waals surface area contributed by atoms with E-state index in [9.17, 15) is 4.79 Å². The van der Waals surface area contributed by atoms with E-state index in [4.69, 9.17) is 0 Å². The summed E-state index contributed by atoms with van der Waals surface area (Å²) in [6, 6.07) is 6.05. The number of nitrogens with zero attached hydrogens (tertiary/aromatic N) is 1. The minimum Gasteiger partial charge on any atom is -0.336 e. The van der Waals surface area contributed by atoms with Crippen molar-refractivity contribution in [1.29, 1.82) is 0 Å². The Kier molecular flexibility index (Phi) is 5.34. The first-order chi connectivity index (χ1) is 9.13. The Labute approximate surface area is 129 Å². The molecule has 2 rings (SSSR count). The van der Waals surface area contributed by atoms with Crippen molar-refractivity contribution in [3.8, 4) is 0 Å². The molecule has 1 aromatic rings. The lowest BCUT2D eigenvalue weighted by atomic mass is 9.93. The van der Waals surface area contributed by atoms with E-state index in [1.54, 1.807) is 0 Å². The van der Waals surface area contributed by atoms with Gasteiger partial charge in [0, 0.05) is 22.0 Å². The summed E-state index contributed by atoms with van der Waals surface area (Å²) in [6.07, 6.45) is 6.05. The van der Waals surface area contributed by atoms with Crippen LogP contribution in [0.1, 0.15) is 49.4 Å². The van der Waals surface area contributed by atoms with Gasteiger partial charge in [-0.3, -0.25) is 4.79 Å². The van der Waals surface area contributed by atoms with Gasteiger partial charge in [0.1, 0.15) is 0 Å². The molecule has 1 aliphatic carbocycles. The average Bonchev–Trinajstić information content (AvgIpc) is 2.40. The summed E-state index contributed by atoms with van der Waals surface area (Å²) in [6.45, 7) is 2.83. The molecule has 0 heterocycles. The first-order valence-electron chi connectivity index (χ1n) is 6.93. The van der Waals surface area contributed by atoms with E-state index in [1.165, 1.54) is 19.3 Å². The second-order valence-electron chi connectivity index (χ2n) is 5.04. The number of hydrogen-bond donors (Lipinski definition) is 1. The third-order valence-electron chi connectivity index (χ3n) is 3.81. The van der Waals surface area contributed by atoms with Crippen LogP contribution < -0.4 is 0 Å². The van der Waals surface area contributed by atoms with E-state index >= 15 is 0 Å². The fourth-order valence-corrected chi connectivity index (χ4v) is 3.65. The molecular formula is C15H20BrNOS. The molecule has 2 nitrogen and oxygen atoms in total. The van der Waals surface area contributed by atoms with Gasteiger partial charge < -0.3 is 4.90 Å². The first-order valence-corrected chi connectivity index (χ1v) is 8.17. The second kappa shape index (κ2) is 6.80. The molecule has 1 fully saturated rings. The van der Waals surface area contributed by atoms with Crippen molar-refractivity contribution in [1.82, 2.24) is 4.90 Å². The number of rotatable bonds is 3. The summed E-state index contributed by atoms with van der Waals surface area (Å²) in [7, 11) is 0. The van der Waals surface area contributed by atoms with Crippen LogP contribution in [-0.4, -0.2) is 23.4 Å². The summed E-state index contributed by atoms with van der Waals surface area (Å²) < 4.78 is 0.953. The molecule has 0 N–H and O–H groups in total. The minimum absolute atomic E-state index is 0.118. The SMILES string of the molecule is CCN(C(=O)c1ccc(Br)cc1S)C1CCCCC1. The van der Waals surface area contributed by atoms with E-state index in [0.29, 0.717) is 11.6 Å². The Morgan fingerprint density at radius 1 is 1.37 bits per heavy atom. The number of carbonyl (C=O) groups is 1. The van der Waals surface area contributed by atoms with E-state index in [2.05, 4.69) is 35.5 Å². The Bertz CT molecular complexity index is 457. The number of carbonyl (C=O) groups excluding carboxylic acids is 1. The molecule has 0 aromatic heterocycles. The number of halogens is 1. The van der Waals surface area contributed by atoms with E-state index in [1.807, 2.05) is 23.1 Å². The molecule has 0 bridgehead atoms. The maximum atomic E-state index is 12.7. The third-order valence-corrected chi connectivity index (χ3v) is 4.67. The molecule has 0 unspecified atom stereocenters. The predicted octanol–water partition coefficient (Wildman–Crippen LogP) is 4.53. The Morgan fingerprint density at radius 3 is 2.63 bits per heavy atom. The highest BCUT2D eigenvalue weighted by Gasteiger charge is 2.25. The zero-order valence-electron chi connectivity index (χ0n) is 11.2. The van der Waals surface area contributed by atoms with Gasteiger partial charge in [-0.25, -0.2) is 0 Å². The van der Waals surface area contributed by atoms with Gasteiger partial charge in [-0.1, -0.05) is 35.2 Å². The fraction of sp³-hybridized carbons (Fsp3) is 0.533. The quantitative estimate of drug-likeness (QED) is 0.800. The Balaban J connectivity index is 2.19. The molecule has 0 atom stereocenters. The summed E-state index contributed by atoms with van der Waals surface area (Å²) in [4.78, 5) is 15.4. The Hall–Kier alpha value is -0.480. The summed E-state index contributed by atoms with van der Waals surface area (Å²) >= 11 is 7.83. The number of hydrogen-bond acceptors (Lipinski definition) is 2. The molecule has 0 saturated heterocycles. The number of benzene rings is 1. The average molecular weight is 342 g/mol. The largest absolute Gasteiger partial charge is 0.336 e. The molecule has 1 aliphatic rings. The van der Waals surface area contributed by atoms with E-state index in [-0.39, 0.29) is 5.91 Å². The van der Waals surface area contributed by atoms with Crippen molar-refractivity contribution in [2.24, 2.45) is 0 Å². The van der Waals surface area contributed by atoms with Crippen LogP contribution in [0.3, 0.4) is 0 Å². The number of thiol groups is 1. The number of amides is 1. The van der Waals surface area contributed by atoms with Crippen molar-refractivity contribution in [2.45, 2.75) is 50.0 Å². The molecule has 1 saturated carbocycles. The standard InChI is InChI=1S/C15H20BrNOS/c1-2-17(12-6-4-3-5-7-12)15(18)13-9-8-11(16)10-14(13)19/h8-10,12,19H,2-7H2,1H3. The third kappa shape index (κ3) is 3.54. The van der Waals surface area contributed by atoms with Crippen molar-refractivity contribution in [3.63, 3.8) is 0 Å². The molecule has 0 radical (unpaired) electrons. The zero-order valence-corrected chi connectivity index (χ0v) is 13.7. The van der Waals surface area contributed by atoms with Crippen molar-refractivity contribution in [3.05, 3.63) is 28.2 Å². The summed E-state index contributed by atoms with van der Waals surface area (Å²) in [5, 5.41) is 0. The van der Waals surface area contributed by atoms with Crippen LogP contribution >= 0.6 is 28.6 Å². The first kappa shape index (κ1) is 14.9. The molecule has 1 amide bonds. The van der Waals surface area contributed by atoms with Crippen LogP contribution in [0.5, 0.6) is 0 Å². The van der Waals surface area contributed by atoms with E-state index in [0.717, 1.165) is 28.8 Å². The lowest BCUT2D eigenvalue weighted by Crippen LogP contribution is -2.41. The van der Waals surface area contributed by atoms with E-state index < -0.39 is 0 Å². The molecule has 19 heavy (non-hydrogen) atoms. The molecule has 1 aromatic carbocycles. The van der Waals surface area contributed by atoms with Crippen molar-refractivity contribution >= 4 is 34.5 Å².